The number of aromatic amines is 1. The standard InChI is InChI=1S/C9H9N3OS/c1-5-6(2)11-7(12-8(5)13)9-10-3-4-14-9/h3-4H,1-2H3,(H,11,12,13). The molecule has 0 amide bonds. The van der Waals surface area contributed by atoms with Crippen LogP contribution >= 0.6 is 11.3 Å². The van der Waals surface area contributed by atoms with Gasteiger partial charge >= 0.3 is 0 Å². The van der Waals surface area contributed by atoms with Gasteiger partial charge in [-0.25, -0.2) is 9.97 Å². The van der Waals surface area contributed by atoms with Crippen LogP contribution in [0.1, 0.15) is 11.3 Å². The summed E-state index contributed by atoms with van der Waals surface area (Å²) >= 11 is 1.46. The van der Waals surface area contributed by atoms with Crippen LogP contribution in [0.5, 0.6) is 0 Å². The third-order valence-electron chi connectivity index (χ3n) is 2.03. The minimum atomic E-state index is -0.0947. The van der Waals surface area contributed by atoms with Gasteiger partial charge < -0.3 is 4.98 Å². The van der Waals surface area contributed by atoms with Crippen molar-refractivity contribution in [3.8, 4) is 10.8 Å². The molecule has 2 rings (SSSR count). The van der Waals surface area contributed by atoms with Gasteiger partial charge in [-0.3, -0.25) is 4.79 Å². The van der Waals surface area contributed by atoms with Gasteiger partial charge in [0, 0.05) is 22.8 Å². The molecule has 0 bridgehead atoms. The van der Waals surface area contributed by atoms with Crippen LogP contribution in [0.2, 0.25) is 0 Å². The van der Waals surface area contributed by atoms with Gasteiger partial charge in [0.2, 0.25) is 0 Å². The number of hydrogen-bond acceptors (Lipinski definition) is 4. The monoisotopic (exact) mass is 207 g/mol. The third kappa shape index (κ3) is 1.46. The molecule has 14 heavy (non-hydrogen) atoms. The summed E-state index contributed by atoms with van der Waals surface area (Å²) in [5.74, 6) is 0.549. The average Bonchev–Trinajstić information content (AvgIpc) is 2.66. The molecule has 0 radical (unpaired) electrons. The van der Waals surface area contributed by atoms with E-state index in [-0.39, 0.29) is 5.56 Å². The highest BCUT2D eigenvalue weighted by molar-refractivity contribution is 7.12. The first-order valence-corrected chi connectivity index (χ1v) is 5.04. The minimum Gasteiger partial charge on any atom is -0.304 e. The summed E-state index contributed by atoms with van der Waals surface area (Å²) in [7, 11) is 0. The molecule has 0 aliphatic heterocycles. The predicted molar refractivity (Wildman–Crippen MR) is 55.4 cm³/mol. The molecule has 0 saturated heterocycles. The molecule has 2 aromatic heterocycles. The lowest BCUT2D eigenvalue weighted by atomic mass is 10.3. The summed E-state index contributed by atoms with van der Waals surface area (Å²) in [6, 6.07) is 0. The Morgan fingerprint density at radius 3 is 2.79 bits per heavy atom. The largest absolute Gasteiger partial charge is 0.304 e. The van der Waals surface area contributed by atoms with Crippen molar-refractivity contribution in [3.05, 3.63) is 33.2 Å². The zero-order valence-electron chi connectivity index (χ0n) is 7.87. The number of H-pyrrole nitrogens is 1. The molecule has 2 heterocycles. The Hall–Kier alpha value is -1.49. The lowest BCUT2D eigenvalue weighted by molar-refractivity contribution is 1.03. The zero-order valence-corrected chi connectivity index (χ0v) is 8.68. The van der Waals surface area contributed by atoms with Crippen molar-refractivity contribution in [1.82, 2.24) is 15.0 Å². The van der Waals surface area contributed by atoms with E-state index in [1.54, 1.807) is 13.1 Å². The van der Waals surface area contributed by atoms with Crippen molar-refractivity contribution in [2.24, 2.45) is 0 Å². The second-order valence-electron chi connectivity index (χ2n) is 2.96. The van der Waals surface area contributed by atoms with Gasteiger partial charge in [-0.1, -0.05) is 0 Å². The molecule has 0 spiro atoms. The van der Waals surface area contributed by atoms with Crippen molar-refractivity contribution in [2.75, 3.05) is 0 Å². The number of thiazole rings is 1. The summed E-state index contributed by atoms with van der Waals surface area (Å²) < 4.78 is 0. The molecule has 2 aromatic rings. The van der Waals surface area contributed by atoms with Crippen LogP contribution in [-0.2, 0) is 0 Å². The molecule has 1 N–H and O–H groups in total. The second-order valence-corrected chi connectivity index (χ2v) is 3.86. The van der Waals surface area contributed by atoms with Gasteiger partial charge in [-0.05, 0) is 13.8 Å². The van der Waals surface area contributed by atoms with Gasteiger partial charge in [0.1, 0.15) is 0 Å². The highest BCUT2D eigenvalue weighted by atomic mass is 32.1. The molecule has 0 atom stereocenters. The summed E-state index contributed by atoms with van der Waals surface area (Å²) in [6.45, 7) is 3.58. The molecule has 0 aromatic carbocycles. The first-order valence-electron chi connectivity index (χ1n) is 4.16. The fourth-order valence-corrected chi connectivity index (χ4v) is 1.67. The summed E-state index contributed by atoms with van der Waals surface area (Å²) in [6.07, 6.45) is 1.69. The predicted octanol–water partition coefficient (Wildman–Crippen LogP) is 1.51. The second kappa shape index (κ2) is 3.34. The highest BCUT2D eigenvalue weighted by Gasteiger charge is 2.06. The molecule has 5 heteroatoms. The van der Waals surface area contributed by atoms with Crippen molar-refractivity contribution >= 4 is 11.3 Å². The zero-order chi connectivity index (χ0) is 10.1. The van der Waals surface area contributed by atoms with Crippen LogP contribution in [0.25, 0.3) is 10.8 Å². The Kier molecular flexibility index (Phi) is 2.17. The summed E-state index contributed by atoms with van der Waals surface area (Å²) in [5.41, 5.74) is 1.31. The van der Waals surface area contributed by atoms with E-state index in [4.69, 9.17) is 0 Å². The summed E-state index contributed by atoms with van der Waals surface area (Å²) in [4.78, 5) is 22.5. The third-order valence-corrected chi connectivity index (χ3v) is 2.81. The Morgan fingerprint density at radius 2 is 2.21 bits per heavy atom. The van der Waals surface area contributed by atoms with Crippen molar-refractivity contribution < 1.29 is 0 Å². The van der Waals surface area contributed by atoms with Gasteiger partial charge in [0.15, 0.2) is 10.8 Å². The quantitative estimate of drug-likeness (QED) is 0.771. The number of nitrogens with zero attached hydrogens (tertiary/aromatic N) is 2. The molecule has 0 unspecified atom stereocenters. The van der Waals surface area contributed by atoms with Gasteiger partial charge in [-0.2, -0.15) is 0 Å². The topological polar surface area (TPSA) is 58.6 Å². The molecule has 0 aliphatic carbocycles. The highest BCUT2D eigenvalue weighted by Crippen LogP contribution is 2.16. The van der Waals surface area contributed by atoms with E-state index in [1.807, 2.05) is 12.3 Å². The lowest BCUT2D eigenvalue weighted by Gasteiger charge is -2.00. The van der Waals surface area contributed by atoms with E-state index >= 15 is 0 Å². The first-order chi connectivity index (χ1) is 6.68. The molecule has 0 saturated carbocycles. The minimum absolute atomic E-state index is 0.0947. The maximum Gasteiger partial charge on any atom is 0.254 e. The number of rotatable bonds is 1. The smallest absolute Gasteiger partial charge is 0.254 e. The summed E-state index contributed by atoms with van der Waals surface area (Å²) in [5, 5.41) is 2.59. The number of nitrogens with one attached hydrogen (secondary N) is 1. The van der Waals surface area contributed by atoms with Crippen LogP contribution in [0.3, 0.4) is 0 Å². The van der Waals surface area contributed by atoms with E-state index in [0.717, 1.165) is 10.7 Å². The fourth-order valence-electron chi connectivity index (χ4n) is 1.09. The van der Waals surface area contributed by atoms with Crippen LogP contribution < -0.4 is 5.56 Å². The SMILES string of the molecule is Cc1nc(-c2nccs2)[nH]c(=O)c1C. The average molecular weight is 207 g/mol. The normalized spacial score (nSPS) is 10.4. The van der Waals surface area contributed by atoms with Gasteiger partial charge in [-0.15, -0.1) is 11.3 Å². The number of aromatic nitrogens is 3. The van der Waals surface area contributed by atoms with Gasteiger partial charge in [0.05, 0.1) is 0 Å². The van der Waals surface area contributed by atoms with Gasteiger partial charge in [0.25, 0.3) is 5.56 Å². The van der Waals surface area contributed by atoms with E-state index < -0.39 is 0 Å². The van der Waals surface area contributed by atoms with Crippen molar-refractivity contribution in [3.63, 3.8) is 0 Å². The number of aryl methyl sites for hydroxylation is 1. The molecule has 0 fully saturated rings. The maximum atomic E-state index is 11.4. The van der Waals surface area contributed by atoms with Crippen LogP contribution in [0.15, 0.2) is 16.4 Å². The van der Waals surface area contributed by atoms with E-state index in [9.17, 15) is 4.79 Å². The van der Waals surface area contributed by atoms with Crippen LogP contribution in [0, 0.1) is 13.8 Å². The maximum absolute atomic E-state index is 11.4. The Morgan fingerprint density at radius 1 is 1.43 bits per heavy atom. The molecular formula is C9H9N3OS. The molecule has 4 nitrogen and oxygen atoms in total. The van der Waals surface area contributed by atoms with Crippen LogP contribution in [0.4, 0.5) is 0 Å². The van der Waals surface area contributed by atoms with Crippen molar-refractivity contribution in [2.45, 2.75) is 13.8 Å². The van der Waals surface area contributed by atoms with E-state index in [2.05, 4.69) is 15.0 Å². The molecular weight excluding hydrogens is 198 g/mol. The molecule has 0 aliphatic rings. The van der Waals surface area contributed by atoms with Crippen molar-refractivity contribution in [1.29, 1.82) is 0 Å². The number of hydrogen-bond donors (Lipinski definition) is 1. The Bertz CT molecular complexity index is 501. The Balaban J connectivity index is 2.63. The van der Waals surface area contributed by atoms with Crippen LogP contribution in [-0.4, -0.2) is 15.0 Å². The Labute approximate surface area is 84.7 Å². The fraction of sp³-hybridized carbons (Fsp3) is 0.222. The van der Waals surface area contributed by atoms with E-state index in [1.165, 1.54) is 11.3 Å². The molecule has 72 valence electrons. The lowest BCUT2D eigenvalue weighted by Crippen LogP contribution is -2.14. The van der Waals surface area contributed by atoms with E-state index in [0.29, 0.717) is 11.4 Å². The first kappa shape index (κ1) is 9.08.